The van der Waals surface area contributed by atoms with Gasteiger partial charge in [-0.3, -0.25) is 15.1 Å². The predicted octanol–water partition coefficient (Wildman–Crippen LogP) is 4.70. The second-order valence-corrected chi connectivity index (χ2v) is 12.5. The van der Waals surface area contributed by atoms with Gasteiger partial charge in [0.2, 0.25) is 15.9 Å². The number of aromatic nitrogens is 2. The molecule has 2 aliphatic rings. The molecule has 10 nitrogen and oxygen atoms in total. The number of halogens is 1. The largest absolute Gasteiger partial charge is 0.418 e. The third kappa shape index (κ3) is 5.58. The van der Waals surface area contributed by atoms with Crippen molar-refractivity contribution in [2.75, 3.05) is 10.6 Å². The van der Waals surface area contributed by atoms with E-state index in [0.29, 0.717) is 35.7 Å². The monoisotopic (exact) mass is 555 g/mol. The molecule has 2 amide bonds. The topological polar surface area (TPSA) is 139 Å². The first kappa shape index (κ1) is 25.9. The van der Waals surface area contributed by atoms with Gasteiger partial charge in [-0.2, -0.15) is 0 Å². The summed E-state index contributed by atoms with van der Waals surface area (Å²) in [5.74, 6) is -0.648. The zero-order valence-corrected chi connectivity index (χ0v) is 22.3. The van der Waals surface area contributed by atoms with Gasteiger partial charge in [0.25, 0.3) is 5.91 Å². The van der Waals surface area contributed by atoms with Gasteiger partial charge in [-0.05, 0) is 60.1 Å². The molecule has 1 aromatic heterocycles. The Labute approximate surface area is 225 Å². The molecule has 1 aliphatic carbocycles. The van der Waals surface area contributed by atoms with Crippen molar-refractivity contribution in [3.05, 3.63) is 76.7 Å². The fourth-order valence-corrected chi connectivity index (χ4v) is 6.17. The minimum Gasteiger partial charge on any atom is -0.389 e. The van der Waals surface area contributed by atoms with Crippen LogP contribution < -0.4 is 20.1 Å². The molecule has 1 aliphatic heterocycles. The highest BCUT2D eigenvalue weighted by Crippen LogP contribution is 2.47. The molecule has 1 unspecified atom stereocenters. The lowest BCUT2D eigenvalue weighted by molar-refractivity contribution is 0.0981. The lowest BCUT2D eigenvalue weighted by Gasteiger charge is -2.42. The van der Waals surface area contributed by atoms with Gasteiger partial charge in [0.1, 0.15) is 0 Å². The van der Waals surface area contributed by atoms with Crippen LogP contribution in [0.15, 0.2) is 55.0 Å². The quantitative estimate of drug-likeness (QED) is 0.398. The molecule has 3 N–H and O–H groups in total. The summed E-state index contributed by atoms with van der Waals surface area (Å²) in [6.45, 7) is 4.16. The summed E-state index contributed by atoms with van der Waals surface area (Å²) in [5, 5.41) is 5.96. The number of hydrogen-bond donors (Lipinski definition) is 3. The molecule has 12 heteroatoms. The number of carbonyl (C=O) groups is 2. The Bertz CT molecular complexity index is 1510. The van der Waals surface area contributed by atoms with Crippen molar-refractivity contribution in [1.29, 1.82) is 0 Å². The maximum Gasteiger partial charge on any atom is 0.418 e. The maximum atomic E-state index is 13.1. The molecule has 3 aromatic rings. The van der Waals surface area contributed by atoms with Crippen LogP contribution in [0.25, 0.3) is 0 Å². The van der Waals surface area contributed by atoms with E-state index in [0.717, 1.165) is 11.1 Å². The average molecular weight is 556 g/mol. The number of rotatable bonds is 6. The van der Waals surface area contributed by atoms with E-state index in [1.807, 2.05) is 12.1 Å². The molecule has 1 saturated carbocycles. The number of fused-ring (bicyclic) bond motifs is 1. The van der Waals surface area contributed by atoms with Crippen LogP contribution >= 0.6 is 11.6 Å². The maximum absolute atomic E-state index is 13.1. The second-order valence-electron chi connectivity index (χ2n) is 10.1. The predicted molar refractivity (Wildman–Crippen MR) is 143 cm³/mol. The third-order valence-electron chi connectivity index (χ3n) is 6.55. The lowest BCUT2D eigenvalue weighted by Crippen LogP contribution is -2.38. The summed E-state index contributed by atoms with van der Waals surface area (Å²) in [6.07, 6.45) is 5.17. The van der Waals surface area contributed by atoms with Crippen molar-refractivity contribution in [3.63, 3.8) is 0 Å². The normalized spacial score (nSPS) is 18.0. The van der Waals surface area contributed by atoms with Crippen molar-refractivity contribution < 1.29 is 22.7 Å². The molecule has 0 saturated heterocycles. The fourth-order valence-electron chi connectivity index (χ4n) is 4.64. The third-order valence-corrected chi connectivity index (χ3v) is 8.58. The summed E-state index contributed by atoms with van der Waals surface area (Å²) in [5.41, 5.74) is 2.54. The summed E-state index contributed by atoms with van der Waals surface area (Å²) in [7, 11) is -3.73. The van der Waals surface area contributed by atoms with E-state index < -0.39 is 27.3 Å². The summed E-state index contributed by atoms with van der Waals surface area (Å²) >= 11 is 6.33. The van der Waals surface area contributed by atoms with Crippen LogP contribution in [0.1, 0.15) is 54.2 Å². The van der Waals surface area contributed by atoms with Crippen molar-refractivity contribution in [3.8, 4) is 5.88 Å². The Balaban J connectivity index is 1.41. The number of benzene rings is 2. The molecule has 0 bridgehead atoms. The molecule has 5 rings (SSSR count). The van der Waals surface area contributed by atoms with Crippen LogP contribution in [0.4, 0.5) is 16.2 Å². The van der Waals surface area contributed by atoms with E-state index in [9.17, 15) is 18.0 Å². The van der Waals surface area contributed by atoms with Gasteiger partial charge in [0.15, 0.2) is 0 Å². The minimum absolute atomic E-state index is 0.0704. The Morgan fingerprint density at radius 2 is 1.95 bits per heavy atom. The summed E-state index contributed by atoms with van der Waals surface area (Å²) < 4.78 is 32.2. The van der Waals surface area contributed by atoms with Crippen LogP contribution in [-0.2, 0) is 16.4 Å². The molecular weight excluding hydrogens is 530 g/mol. The smallest absolute Gasteiger partial charge is 0.389 e. The number of hydrogen-bond acceptors (Lipinski definition) is 8. The Morgan fingerprint density at radius 1 is 1.16 bits per heavy atom. The number of amides is 2. The van der Waals surface area contributed by atoms with Crippen molar-refractivity contribution >= 4 is 45.0 Å². The van der Waals surface area contributed by atoms with Gasteiger partial charge in [0.05, 0.1) is 28.7 Å². The highest BCUT2D eigenvalue weighted by molar-refractivity contribution is 7.91. The van der Waals surface area contributed by atoms with Gasteiger partial charge in [-0.1, -0.05) is 37.6 Å². The molecule has 0 spiro atoms. The van der Waals surface area contributed by atoms with E-state index in [1.54, 1.807) is 18.2 Å². The SMILES string of the molecule is CC1(C)Cc2cc(Cl)cc(C(=O)NS(=O)(=O)C3CC3)c2NC1c1cccc(NC(=O)Oc2cnccn2)c1. The molecular formula is C26H26ClN5O5S. The summed E-state index contributed by atoms with van der Waals surface area (Å²) in [6, 6.07) is 10.2. The lowest BCUT2D eigenvalue weighted by atomic mass is 9.72. The fraction of sp³-hybridized carbons (Fsp3) is 0.308. The minimum atomic E-state index is -3.73. The molecule has 2 heterocycles. The van der Waals surface area contributed by atoms with Gasteiger partial charge in [-0.15, -0.1) is 0 Å². The highest BCUT2D eigenvalue weighted by atomic mass is 35.5. The van der Waals surface area contributed by atoms with E-state index >= 15 is 0 Å². The zero-order valence-electron chi connectivity index (χ0n) is 20.7. The molecule has 38 heavy (non-hydrogen) atoms. The second kappa shape index (κ2) is 9.88. The average Bonchev–Trinajstić information content (AvgIpc) is 3.69. The van der Waals surface area contributed by atoms with Crippen molar-refractivity contribution in [2.24, 2.45) is 5.41 Å². The number of ether oxygens (including phenoxy) is 1. The Kier molecular flexibility index (Phi) is 6.74. The number of nitrogens with one attached hydrogen (secondary N) is 3. The summed E-state index contributed by atoms with van der Waals surface area (Å²) in [4.78, 5) is 33.2. The van der Waals surface area contributed by atoms with Gasteiger partial charge in [0, 0.05) is 23.1 Å². The first-order valence-corrected chi connectivity index (χ1v) is 13.9. The van der Waals surface area contributed by atoms with Gasteiger partial charge >= 0.3 is 6.09 Å². The molecule has 198 valence electrons. The molecule has 0 radical (unpaired) electrons. The van der Waals surface area contributed by atoms with Crippen LogP contribution in [0.5, 0.6) is 5.88 Å². The number of nitrogens with zero attached hydrogens (tertiary/aromatic N) is 2. The van der Waals surface area contributed by atoms with Crippen LogP contribution in [-0.4, -0.2) is 35.6 Å². The Morgan fingerprint density at radius 3 is 2.66 bits per heavy atom. The van der Waals surface area contributed by atoms with Gasteiger partial charge in [-0.25, -0.2) is 22.9 Å². The van der Waals surface area contributed by atoms with E-state index in [4.69, 9.17) is 16.3 Å². The molecule has 2 aromatic carbocycles. The van der Waals surface area contributed by atoms with Crippen LogP contribution in [0.2, 0.25) is 5.02 Å². The van der Waals surface area contributed by atoms with Gasteiger partial charge < -0.3 is 10.1 Å². The van der Waals surface area contributed by atoms with E-state index in [-0.39, 0.29) is 22.9 Å². The molecule has 1 fully saturated rings. The van der Waals surface area contributed by atoms with Crippen LogP contribution in [0.3, 0.4) is 0 Å². The van der Waals surface area contributed by atoms with E-state index in [1.165, 1.54) is 24.7 Å². The zero-order chi connectivity index (χ0) is 27.1. The number of anilines is 2. The highest BCUT2D eigenvalue weighted by Gasteiger charge is 2.40. The van der Waals surface area contributed by atoms with Crippen molar-refractivity contribution in [1.82, 2.24) is 14.7 Å². The first-order valence-electron chi connectivity index (χ1n) is 12.0. The van der Waals surface area contributed by atoms with Crippen LogP contribution in [0, 0.1) is 5.41 Å². The van der Waals surface area contributed by atoms with E-state index in [2.05, 4.69) is 39.2 Å². The number of carbonyl (C=O) groups excluding carboxylic acids is 2. The number of sulfonamides is 1. The standard InChI is InChI=1S/C26H26ClN5O5S/c1-26(2)13-16-10-17(27)12-20(24(33)32-38(35,36)19-6-7-19)22(16)31-23(26)15-4-3-5-18(11-15)30-25(34)37-21-14-28-8-9-29-21/h3-5,8-12,14,19,23,31H,6-7,13H2,1-2H3,(H,30,34)(H,32,33). The van der Waals surface area contributed by atoms with Crippen molar-refractivity contribution in [2.45, 2.75) is 44.4 Å². The first-order chi connectivity index (χ1) is 18.0. The Hall–Kier alpha value is -3.70. The molecule has 1 atom stereocenters.